The Bertz CT molecular complexity index is 750. The second kappa shape index (κ2) is 6.64. The van der Waals surface area contributed by atoms with Crippen LogP contribution in [-0.4, -0.2) is 15.0 Å². The highest BCUT2D eigenvalue weighted by molar-refractivity contribution is 9.10. The minimum Gasteiger partial charge on any atom is -0.211 e. The molecule has 0 amide bonds. The van der Waals surface area contributed by atoms with Crippen LogP contribution in [0.5, 0.6) is 0 Å². The van der Waals surface area contributed by atoms with Crippen molar-refractivity contribution in [1.29, 1.82) is 0 Å². The lowest BCUT2D eigenvalue weighted by Gasteiger charge is -2.08. The van der Waals surface area contributed by atoms with Gasteiger partial charge in [0.15, 0.2) is 0 Å². The van der Waals surface area contributed by atoms with Gasteiger partial charge in [0.05, 0.1) is 0 Å². The van der Waals surface area contributed by atoms with E-state index in [1.165, 1.54) is 24.3 Å². The summed E-state index contributed by atoms with van der Waals surface area (Å²) >= 11 is 3.06. The van der Waals surface area contributed by atoms with E-state index in [4.69, 9.17) is 0 Å². The van der Waals surface area contributed by atoms with Crippen LogP contribution in [-0.2, 0) is 16.4 Å². The van der Waals surface area contributed by atoms with Gasteiger partial charge in [0.2, 0.25) is 10.0 Å². The molecule has 21 heavy (non-hydrogen) atoms. The Hall–Kier alpha value is -1.31. The molecule has 0 heterocycles. The lowest BCUT2D eigenvalue weighted by molar-refractivity contribution is 0.556. The summed E-state index contributed by atoms with van der Waals surface area (Å²) in [5.41, 5.74) is 0.661. The highest BCUT2D eigenvalue weighted by Crippen LogP contribution is 2.19. The van der Waals surface area contributed by atoms with Gasteiger partial charge in [-0.2, -0.15) is 0 Å². The average Bonchev–Trinajstić information content (AvgIpc) is 2.38. The van der Waals surface area contributed by atoms with Gasteiger partial charge in [-0.25, -0.2) is 21.9 Å². The number of nitrogens with one attached hydrogen (secondary N) is 1. The van der Waals surface area contributed by atoms with E-state index in [2.05, 4.69) is 20.7 Å². The molecular formula is C14H12BrF2NO2S. The fourth-order valence-electron chi connectivity index (χ4n) is 1.79. The molecule has 0 aliphatic rings. The smallest absolute Gasteiger partial charge is 0.211 e. The van der Waals surface area contributed by atoms with E-state index in [-0.39, 0.29) is 12.4 Å². The van der Waals surface area contributed by atoms with Crippen LogP contribution in [0.25, 0.3) is 0 Å². The number of benzene rings is 2. The zero-order valence-corrected chi connectivity index (χ0v) is 13.2. The van der Waals surface area contributed by atoms with Crippen LogP contribution in [0.1, 0.15) is 5.56 Å². The number of rotatable bonds is 5. The monoisotopic (exact) mass is 375 g/mol. The molecule has 0 radical (unpaired) electrons. The fourth-order valence-corrected chi connectivity index (χ4v) is 3.22. The van der Waals surface area contributed by atoms with Crippen LogP contribution in [0, 0.1) is 11.6 Å². The minimum atomic E-state index is -3.93. The van der Waals surface area contributed by atoms with Gasteiger partial charge in [-0.3, -0.25) is 0 Å². The molecule has 0 bridgehead atoms. The highest BCUT2D eigenvalue weighted by atomic mass is 79.9. The molecular weight excluding hydrogens is 364 g/mol. The zero-order valence-electron chi connectivity index (χ0n) is 10.8. The molecule has 2 rings (SSSR count). The molecule has 2 aromatic rings. The largest absolute Gasteiger partial charge is 0.243 e. The van der Waals surface area contributed by atoms with Crippen LogP contribution >= 0.6 is 15.9 Å². The van der Waals surface area contributed by atoms with E-state index in [9.17, 15) is 17.2 Å². The SMILES string of the molecule is O=S(=O)(NCCc1cccc(F)c1)c1ccc(Br)cc1F. The predicted octanol–water partition coefficient (Wildman–Crippen LogP) is 3.25. The van der Waals surface area contributed by atoms with Gasteiger partial charge in [0, 0.05) is 11.0 Å². The van der Waals surface area contributed by atoms with Crippen molar-refractivity contribution in [2.75, 3.05) is 6.54 Å². The van der Waals surface area contributed by atoms with Crippen molar-refractivity contribution in [1.82, 2.24) is 4.72 Å². The molecule has 112 valence electrons. The molecule has 2 aromatic carbocycles. The first-order chi connectivity index (χ1) is 9.88. The Balaban J connectivity index is 2.05. The molecule has 0 aromatic heterocycles. The van der Waals surface area contributed by atoms with Gasteiger partial charge in [-0.05, 0) is 42.3 Å². The molecule has 0 saturated heterocycles. The molecule has 3 nitrogen and oxygen atoms in total. The Morgan fingerprint density at radius 1 is 1.10 bits per heavy atom. The van der Waals surface area contributed by atoms with Crippen LogP contribution in [0.15, 0.2) is 51.8 Å². The van der Waals surface area contributed by atoms with Crippen molar-refractivity contribution in [2.45, 2.75) is 11.3 Å². The van der Waals surface area contributed by atoms with Crippen LogP contribution in [0.4, 0.5) is 8.78 Å². The van der Waals surface area contributed by atoms with Crippen molar-refractivity contribution in [3.05, 3.63) is 64.1 Å². The lowest BCUT2D eigenvalue weighted by Crippen LogP contribution is -2.26. The predicted molar refractivity (Wildman–Crippen MR) is 79.4 cm³/mol. The molecule has 0 fully saturated rings. The van der Waals surface area contributed by atoms with Crippen LogP contribution in [0.2, 0.25) is 0 Å². The summed E-state index contributed by atoms with van der Waals surface area (Å²) in [5, 5.41) is 0. The molecule has 0 aliphatic heterocycles. The normalized spacial score (nSPS) is 11.6. The maximum atomic E-state index is 13.7. The minimum absolute atomic E-state index is 0.0568. The second-order valence-electron chi connectivity index (χ2n) is 4.35. The highest BCUT2D eigenvalue weighted by Gasteiger charge is 2.18. The third-order valence-corrected chi connectivity index (χ3v) is 4.77. The van der Waals surface area contributed by atoms with Crippen LogP contribution in [0.3, 0.4) is 0 Å². The van der Waals surface area contributed by atoms with Crippen molar-refractivity contribution in [2.24, 2.45) is 0 Å². The Morgan fingerprint density at radius 2 is 1.86 bits per heavy atom. The number of halogens is 3. The third-order valence-electron chi connectivity index (χ3n) is 2.78. The Labute approximate surface area is 130 Å². The van der Waals surface area contributed by atoms with Crippen LogP contribution < -0.4 is 4.72 Å². The quantitative estimate of drug-likeness (QED) is 0.871. The van der Waals surface area contributed by atoms with Gasteiger partial charge in [0.25, 0.3) is 0 Å². The van der Waals surface area contributed by atoms with Gasteiger partial charge in [-0.1, -0.05) is 28.1 Å². The van der Waals surface area contributed by atoms with E-state index in [0.717, 1.165) is 6.07 Å². The number of hydrogen-bond acceptors (Lipinski definition) is 2. The van der Waals surface area contributed by atoms with E-state index in [1.54, 1.807) is 12.1 Å². The van der Waals surface area contributed by atoms with E-state index >= 15 is 0 Å². The fraction of sp³-hybridized carbons (Fsp3) is 0.143. The van der Waals surface area contributed by atoms with Gasteiger partial charge in [0.1, 0.15) is 16.5 Å². The van der Waals surface area contributed by atoms with E-state index < -0.39 is 20.7 Å². The lowest BCUT2D eigenvalue weighted by atomic mass is 10.1. The summed E-state index contributed by atoms with van der Waals surface area (Å²) in [4.78, 5) is -0.412. The van der Waals surface area contributed by atoms with Crippen molar-refractivity contribution < 1.29 is 17.2 Å². The Kier molecular flexibility index (Phi) is 5.08. The van der Waals surface area contributed by atoms with Crippen molar-refractivity contribution in [3.8, 4) is 0 Å². The summed E-state index contributed by atoms with van der Waals surface area (Å²) in [6.45, 7) is 0.0568. The summed E-state index contributed by atoms with van der Waals surface area (Å²) < 4.78 is 53.4. The average molecular weight is 376 g/mol. The van der Waals surface area contributed by atoms with Crippen molar-refractivity contribution in [3.63, 3.8) is 0 Å². The Morgan fingerprint density at radius 3 is 2.52 bits per heavy atom. The maximum absolute atomic E-state index is 13.7. The third kappa shape index (κ3) is 4.33. The summed E-state index contributed by atoms with van der Waals surface area (Å²) in [6.07, 6.45) is 0.315. The first-order valence-electron chi connectivity index (χ1n) is 6.08. The maximum Gasteiger partial charge on any atom is 0.243 e. The summed E-state index contributed by atoms with van der Waals surface area (Å²) in [6, 6.07) is 9.60. The van der Waals surface area contributed by atoms with Crippen molar-refractivity contribution >= 4 is 26.0 Å². The molecule has 0 saturated carbocycles. The number of sulfonamides is 1. The standard InChI is InChI=1S/C14H12BrF2NO2S/c15-11-4-5-14(13(17)9-11)21(19,20)18-7-6-10-2-1-3-12(16)8-10/h1-5,8-9,18H,6-7H2. The van der Waals surface area contributed by atoms with Gasteiger partial charge >= 0.3 is 0 Å². The number of hydrogen-bond donors (Lipinski definition) is 1. The molecule has 1 N–H and O–H groups in total. The van der Waals surface area contributed by atoms with E-state index in [1.807, 2.05) is 0 Å². The van der Waals surface area contributed by atoms with Gasteiger partial charge in [-0.15, -0.1) is 0 Å². The second-order valence-corrected chi connectivity index (χ2v) is 7.00. The summed E-state index contributed by atoms with van der Waals surface area (Å²) in [7, 11) is -3.93. The van der Waals surface area contributed by atoms with Gasteiger partial charge < -0.3 is 0 Å². The molecule has 0 unspecified atom stereocenters. The first-order valence-corrected chi connectivity index (χ1v) is 8.35. The summed E-state index contributed by atoms with van der Waals surface area (Å²) in [5.74, 6) is -1.21. The topological polar surface area (TPSA) is 46.2 Å². The molecule has 7 heteroatoms. The molecule has 0 spiro atoms. The molecule has 0 atom stereocenters. The zero-order chi connectivity index (χ0) is 15.5. The molecule has 0 aliphatic carbocycles. The first kappa shape index (κ1) is 16.1. The van der Waals surface area contributed by atoms with E-state index in [0.29, 0.717) is 16.5 Å².